The van der Waals surface area contributed by atoms with Gasteiger partial charge in [0, 0.05) is 45.1 Å². The first-order valence-corrected chi connectivity index (χ1v) is 18.3. The molecule has 0 saturated heterocycles. The topological polar surface area (TPSA) is 19.6 Å². The summed E-state index contributed by atoms with van der Waals surface area (Å²) in [6, 6.07) is 74.3. The van der Waals surface area contributed by atoms with Crippen molar-refractivity contribution < 1.29 is 4.42 Å². The molecule has 9 aromatic rings. The standard InChI is InChI=1S/C50H36N2O/c1-5-17-35(18-6-1)49-43-27-14-13-25-41(43)45-33-39(29-31-44(45)50(49)52(37-21-9-3-10-22-37)38-23-11-4-12-24-38)51(36-19-7-2-8-20-36)40-30-32-48-46(34-40)42-26-15-16-28-47(42)53-48/h1-34,49-50H. The highest BCUT2D eigenvalue weighted by molar-refractivity contribution is 6.06. The van der Waals surface area contributed by atoms with E-state index in [1.54, 1.807) is 0 Å². The van der Waals surface area contributed by atoms with Crippen LogP contribution < -0.4 is 9.80 Å². The van der Waals surface area contributed by atoms with Crippen molar-refractivity contribution in [1.82, 2.24) is 0 Å². The molecular weight excluding hydrogens is 645 g/mol. The fourth-order valence-corrected chi connectivity index (χ4v) is 8.37. The molecule has 0 N–H and O–H groups in total. The average molecular weight is 681 g/mol. The Balaban J connectivity index is 1.22. The largest absolute Gasteiger partial charge is 0.456 e. The van der Waals surface area contributed by atoms with Gasteiger partial charge in [-0.25, -0.2) is 0 Å². The van der Waals surface area contributed by atoms with Gasteiger partial charge in [0.25, 0.3) is 0 Å². The lowest BCUT2D eigenvalue weighted by Crippen LogP contribution is -2.32. The monoisotopic (exact) mass is 680 g/mol. The Morgan fingerprint density at radius 2 is 0.906 bits per heavy atom. The molecule has 0 spiro atoms. The number of furan rings is 1. The van der Waals surface area contributed by atoms with Crippen LogP contribution in [0.15, 0.2) is 211 Å². The molecule has 0 aliphatic heterocycles. The van der Waals surface area contributed by atoms with Crippen LogP contribution in [0.4, 0.5) is 28.4 Å². The van der Waals surface area contributed by atoms with Crippen molar-refractivity contribution in [1.29, 1.82) is 0 Å². The van der Waals surface area contributed by atoms with E-state index in [0.29, 0.717) is 0 Å². The molecule has 2 atom stereocenters. The number of fused-ring (bicyclic) bond motifs is 6. The maximum atomic E-state index is 6.24. The van der Waals surface area contributed by atoms with E-state index in [4.69, 9.17) is 4.42 Å². The highest BCUT2D eigenvalue weighted by Crippen LogP contribution is 2.55. The van der Waals surface area contributed by atoms with Crippen LogP contribution in [-0.4, -0.2) is 0 Å². The quantitative estimate of drug-likeness (QED) is 0.167. The molecule has 53 heavy (non-hydrogen) atoms. The maximum absolute atomic E-state index is 6.24. The summed E-state index contributed by atoms with van der Waals surface area (Å²) < 4.78 is 6.24. The molecule has 10 rings (SSSR count). The Morgan fingerprint density at radius 3 is 1.62 bits per heavy atom. The highest BCUT2D eigenvalue weighted by Gasteiger charge is 2.39. The van der Waals surface area contributed by atoms with Gasteiger partial charge in [0.15, 0.2) is 0 Å². The number of anilines is 5. The number of hydrogen-bond acceptors (Lipinski definition) is 3. The van der Waals surface area contributed by atoms with Crippen LogP contribution in [0.3, 0.4) is 0 Å². The number of nitrogens with zero attached hydrogens (tertiary/aromatic N) is 2. The van der Waals surface area contributed by atoms with Crippen LogP contribution in [0.2, 0.25) is 0 Å². The second-order valence-corrected chi connectivity index (χ2v) is 13.7. The molecule has 0 radical (unpaired) electrons. The zero-order valence-corrected chi connectivity index (χ0v) is 29.1. The van der Waals surface area contributed by atoms with Gasteiger partial charge < -0.3 is 14.2 Å². The first-order valence-electron chi connectivity index (χ1n) is 18.3. The fraction of sp³-hybridized carbons (Fsp3) is 0.0400. The summed E-state index contributed by atoms with van der Waals surface area (Å²) in [7, 11) is 0. The first-order chi connectivity index (χ1) is 26.3. The van der Waals surface area contributed by atoms with Crippen LogP contribution in [-0.2, 0) is 0 Å². The van der Waals surface area contributed by atoms with E-state index in [9.17, 15) is 0 Å². The average Bonchev–Trinajstić information content (AvgIpc) is 3.61. The highest BCUT2D eigenvalue weighted by atomic mass is 16.3. The summed E-state index contributed by atoms with van der Waals surface area (Å²) >= 11 is 0. The van der Waals surface area contributed by atoms with E-state index in [1.165, 1.54) is 27.8 Å². The summed E-state index contributed by atoms with van der Waals surface area (Å²) in [5, 5.41) is 2.22. The molecule has 1 aliphatic carbocycles. The number of rotatable bonds is 7. The minimum atomic E-state index is -0.0278. The van der Waals surface area contributed by atoms with Gasteiger partial charge in [0.05, 0.1) is 6.04 Å². The third kappa shape index (κ3) is 5.37. The lowest BCUT2D eigenvalue weighted by atomic mass is 9.71. The van der Waals surface area contributed by atoms with Gasteiger partial charge in [-0.3, -0.25) is 0 Å². The predicted octanol–water partition coefficient (Wildman–Crippen LogP) is 13.7. The van der Waals surface area contributed by atoms with Crippen LogP contribution in [0, 0.1) is 0 Å². The Bertz CT molecular complexity index is 2590. The zero-order valence-electron chi connectivity index (χ0n) is 29.1. The molecule has 1 aliphatic rings. The Labute approximate surface area is 309 Å². The zero-order chi connectivity index (χ0) is 35.1. The van der Waals surface area contributed by atoms with E-state index in [1.807, 2.05) is 12.1 Å². The SMILES string of the molecule is c1ccc(C2c3ccccc3-c3cc(N(c4ccccc4)c4ccc5oc6ccccc6c5c4)ccc3C2N(c2ccccc2)c2ccccc2)cc1. The van der Waals surface area contributed by atoms with Crippen LogP contribution >= 0.6 is 0 Å². The molecule has 0 amide bonds. The van der Waals surface area contributed by atoms with Crippen molar-refractivity contribution in [2.45, 2.75) is 12.0 Å². The number of benzene rings is 8. The minimum Gasteiger partial charge on any atom is -0.456 e. The number of hydrogen-bond donors (Lipinski definition) is 0. The van der Waals surface area contributed by atoms with E-state index in [-0.39, 0.29) is 12.0 Å². The van der Waals surface area contributed by atoms with Gasteiger partial charge in [-0.15, -0.1) is 0 Å². The molecule has 1 aromatic heterocycles. The van der Waals surface area contributed by atoms with Crippen LogP contribution in [0.5, 0.6) is 0 Å². The summed E-state index contributed by atoms with van der Waals surface area (Å²) in [5.41, 5.74) is 13.8. The van der Waals surface area contributed by atoms with Gasteiger partial charge in [-0.2, -0.15) is 0 Å². The second-order valence-electron chi connectivity index (χ2n) is 13.7. The van der Waals surface area contributed by atoms with Gasteiger partial charge in [0.2, 0.25) is 0 Å². The summed E-state index contributed by atoms with van der Waals surface area (Å²) in [5.74, 6) is 0.0770. The lowest BCUT2D eigenvalue weighted by molar-refractivity contribution is 0.604. The molecule has 3 heteroatoms. The van der Waals surface area contributed by atoms with Crippen molar-refractivity contribution in [2.24, 2.45) is 0 Å². The molecular formula is C50H36N2O. The van der Waals surface area contributed by atoms with Gasteiger partial charge in [0.1, 0.15) is 11.2 Å². The van der Waals surface area contributed by atoms with Crippen molar-refractivity contribution in [3.05, 3.63) is 223 Å². The summed E-state index contributed by atoms with van der Waals surface area (Å²) in [6.07, 6.45) is 0. The smallest absolute Gasteiger partial charge is 0.135 e. The Morgan fingerprint density at radius 1 is 0.358 bits per heavy atom. The van der Waals surface area contributed by atoms with Crippen molar-refractivity contribution in [3.8, 4) is 11.1 Å². The molecule has 8 aromatic carbocycles. The lowest BCUT2D eigenvalue weighted by Gasteiger charge is -2.44. The fourth-order valence-electron chi connectivity index (χ4n) is 8.37. The molecule has 252 valence electrons. The Hall–Kier alpha value is -6.84. The molecule has 2 unspecified atom stereocenters. The van der Waals surface area contributed by atoms with E-state index in [2.05, 4.69) is 204 Å². The summed E-state index contributed by atoms with van der Waals surface area (Å²) in [4.78, 5) is 4.91. The molecule has 3 nitrogen and oxygen atoms in total. The first kappa shape index (κ1) is 30.9. The summed E-state index contributed by atoms with van der Waals surface area (Å²) in [6.45, 7) is 0. The molecule has 0 fully saturated rings. The van der Waals surface area contributed by atoms with Crippen LogP contribution in [0.1, 0.15) is 28.7 Å². The third-order valence-electron chi connectivity index (χ3n) is 10.7. The normalized spacial score (nSPS) is 14.8. The van der Waals surface area contributed by atoms with Gasteiger partial charge in [-0.1, -0.05) is 133 Å². The van der Waals surface area contributed by atoms with E-state index < -0.39 is 0 Å². The van der Waals surface area contributed by atoms with Crippen LogP contribution in [0.25, 0.3) is 33.1 Å². The molecule has 0 saturated carbocycles. The van der Waals surface area contributed by atoms with E-state index in [0.717, 1.165) is 50.4 Å². The number of para-hydroxylation sites is 4. The van der Waals surface area contributed by atoms with Crippen molar-refractivity contribution in [2.75, 3.05) is 9.80 Å². The van der Waals surface area contributed by atoms with Crippen molar-refractivity contribution in [3.63, 3.8) is 0 Å². The molecule has 1 heterocycles. The maximum Gasteiger partial charge on any atom is 0.135 e. The Kier molecular flexibility index (Phi) is 7.62. The predicted molar refractivity (Wildman–Crippen MR) is 220 cm³/mol. The minimum absolute atomic E-state index is 0.0278. The van der Waals surface area contributed by atoms with Gasteiger partial charge >= 0.3 is 0 Å². The second kappa shape index (κ2) is 13.0. The van der Waals surface area contributed by atoms with E-state index >= 15 is 0 Å². The molecule has 0 bridgehead atoms. The third-order valence-corrected chi connectivity index (χ3v) is 10.7. The van der Waals surface area contributed by atoms with Crippen molar-refractivity contribution >= 4 is 50.4 Å². The van der Waals surface area contributed by atoms with Gasteiger partial charge in [-0.05, 0) is 101 Å².